The van der Waals surface area contributed by atoms with Gasteiger partial charge in [0.15, 0.2) is 0 Å². The maximum atomic E-state index is 12.9. The van der Waals surface area contributed by atoms with Crippen molar-refractivity contribution in [3.63, 3.8) is 0 Å². The third-order valence-corrected chi connectivity index (χ3v) is 3.98. The molecule has 5 heteroatoms. The molecule has 0 saturated carbocycles. The molecular weight excluding hydrogens is 265 g/mol. The van der Waals surface area contributed by atoms with Crippen LogP contribution in [-0.4, -0.2) is 38.6 Å². The zero-order chi connectivity index (χ0) is 14.8. The number of piperidine rings is 1. The number of hydrogen-bond acceptors (Lipinski definition) is 2. The summed E-state index contributed by atoms with van der Waals surface area (Å²) in [5.74, 6) is 0. The van der Waals surface area contributed by atoms with Crippen LogP contribution in [0.1, 0.15) is 24.0 Å². The van der Waals surface area contributed by atoms with Gasteiger partial charge in [0.25, 0.3) is 0 Å². The van der Waals surface area contributed by atoms with E-state index < -0.39 is 11.7 Å². The van der Waals surface area contributed by atoms with E-state index in [0.29, 0.717) is 0 Å². The second-order valence-electron chi connectivity index (χ2n) is 5.85. The molecule has 2 rings (SSSR count). The van der Waals surface area contributed by atoms with E-state index in [1.54, 1.807) is 0 Å². The number of benzene rings is 1. The molecule has 2 nitrogen and oxygen atoms in total. The highest BCUT2D eigenvalue weighted by Gasteiger charge is 2.37. The first-order valence-corrected chi connectivity index (χ1v) is 6.87. The average Bonchev–Trinajstić information content (AvgIpc) is 2.38. The topological polar surface area (TPSA) is 15.3 Å². The van der Waals surface area contributed by atoms with E-state index in [-0.39, 0.29) is 5.41 Å². The van der Waals surface area contributed by atoms with E-state index in [0.717, 1.165) is 44.1 Å². The number of nitrogens with one attached hydrogen (secondary N) is 1. The SMILES string of the molecule is CN(C)CC1(c2cccc(C(F)(F)F)c2)CCNCC1. The lowest BCUT2D eigenvalue weighted by Crippen LogP contribution is -2.46. The minimum absolute atomic E-state index is 0.185. The van der Waals surface area contributed by atoms with Crippen molar-refractivity contribution in [3.8, 4) is 0 Å². The summed E-state index contributed by atoms with van der Waals surface area (Å²) in [5.41, 5.74) is 0.0740. The predicted octanol–water partition coefficient (Wildman–Crippen LogP) is 2.89. The molecule has 112 valence electrons. The van der Waals surface area contributed by atoms with Crippen LogP contribution in [0, 0.1) is 0 Å². The number of nitrogens with zero attached hydrogens (tertiary/aromatic N) is 1. The lowest BCUT2D eigenvalue weighted by molar-refractivity contribution is -0.137. The van der Waals surface area contributed by atoms with Crippen molar-refractivity contribution in [1.82, 2.24) is 10.2 Å². The van der Waals surface area contributed by atoms with Gasteiger partial charge in [-0.3, -0.25) is 0 Å². The Kier molecular flexibility index (Phi) is 4.39. The maximum Gasteiger partial charge on any atom is 0.416 e. The summed E-state index contributed by atoms with van der Waals surface area (Å²) < 4.78 is 38.7. The monoisotopic (exact) mass is 286 g/mol. The van der Waals surface area contributed by atoms with Crippen LogP contribution in [0.2, 0.25) is 0 Å². The number of hydrogen-bond donors (Lipinski definition) is 1. The fourth-order valence-electron chi connectivity index (χ4n) is 3.07. The second-order valence-corrected chi connectivity index (χ2v) is 5.85. The summed E-state index contributed by atoms with van der Waals surface area (Å²) >= 11 is 0. The molecule has 0 atom stereocenters. The zero-order valence-electron chi connectivity index (χ0n) is 11.9. The standard InChI is InChI=1S/C15H21F3N2/c1-20(2)11-14(6-8-19-9-7-14)12-4-3-5-13(10-12)15(16,17)18/h3-5,10,19H,6-9,11H2,1-2H3. The van der Waals surface area contributed by atoms with E-state index >= 15 is 0 Å². The smallest absolute Gasteiger partial charge is 0.317 e. The number of halogens is 3. The molecule has 1 N–H and O–H groups in total. The first-order valence-electron chi connectivity index (χ1n) is 6.87. The van der Waals surface area contributed by atoms with Crippen molar-refractivity contribution >= 4 is 0 Å². The van der Waals surface area contributed by atoms with Crippen LogP contribution in [0.4, 0.5) is 13.2 Å². The largest absolute Gasteiger partial charge is 0.416 e. The van der Waals surface area contributed by atoms with Gasteiger partial charge in [-0.2, -0.15) is 13.2 Å². The van der Waals surface area contributed by atoms with Gasteiger partial charge in [-0.15, -0.1) is 0 Å². The van der Waals surface area contributed by atoms with Crippen LogP contribution in [-0.2, 0) is 11.6 Å². The summed E-state index contributed by atoms with van der Waals surface area (Å²) in [6.07, 6.45) is -2.54. The van der Waals surface area contributed by atoms with Crippen molar-refractivity contribution in [2.75, 3.05) is 33.7 Å². The van der Waals surface area contributed by atoms with E-state index in [1.165, 1.54) is 12.1 Å². The van der Waals surface area contributed by atoms with Gasteiger partial charge in [0.1, 0.15) is 0 Å². The molecule has 1 aromatic carbocycles. The number of likely N-dealkylation sites (N-methyl/N-ethyl adjacent to an activating group) is 1. The lowest BCUT2D eigenvalue weighted by Gasteiger charge is -2.40. The van der Waals surface area contributed by atoms with Crippen molar-refractivity contribution in [2.24, 2.45) is 0 Å². The summed E-state index contributed by atoms with van der Waals surface area (Å²) in [7, 11) is 3.94. The van der Waals surface area contributed by atoms with Gasteiger partial charge in [-0.25, -0.2) is 0 Å². The summed E-state index contributed by atoms with van der Waals surface area (Å²) in [5, 5.41) is 3.29. The molecule has 0 spiro atoms. The minimum atomic E-state index is -4.28. The third kappa shape index (κ3) is 3.33. The van der Waals surface area contributed by atoms with Gasteiger partial charge in [-0.1, -0.05) is 18.2 Å². The summed E-state index contributed by atoms with van der Waals surface area (Å²) in [6, 6.07) is 5.84. The van der Waals surface area contributed by atoms with Crippen LogP contribution < -0.4 is 5.32 Å². The van der Waals surface area contributed by atoms with Crippen molar-refractivity contribution in [1.29, 1.82) is 0 Å². The van der Waals surface area contributed by atoms with Crippen LogP contribution in [0.15, 0.2) is 24.3 Å². The molecule has 0 unspecified atom stereocenters. The molecule has 1 aliphatic heterocycles. The van der Waals surface area contributed by atoms with Gasteiger partial charge in [0.05, 0.1) is 5.56 Å². The van der Waals surface area contributed by atoms with Crippen molar-refractivity contribution in [3.05, 3.63) is 35.4 Å². The first kappa shape index (κ1) is 15.3. The Bertz CT molecular complexity index is 449. The molecule has 0 aliphatic carbocycles. The lowest BCUT2D eigenvalue weighted by atomic mass is 9.72. The normalized spacial score (nSPS) is 19.3. The van der Waals surface area contributed by atoms with E-state index in [9.17, 15) is 13.2 Å². The molecule has 1 aromatic rings. The van der Waals surface area contributed by atoms with Crippen LogP contribution in [0.5, 0.6) is 0 Å². The van der Waals surface area contributed by atoms with Crippen LogP contribution >= 0.6 is 0 Å². The van der Waals surface area contributed by atoms with E-state index in [1.807, 2.05) is 20.2 Å². The number of alkyl halides is 3. The van der Waals surface area contributed by atoms with Gasteiger partial charge >= 0.3 is 6.18 Å². The quantitative estimate of drug-likeness (QED) is 0.919. The fourth-order valence-corrected chi connectivity index (χ4v) is 3.07. The third-order valence-electron chi connectivity index (χ3n) is 3.98. The molecule has 1 fully saturated rings. The Morgan fingerprint density at radius 2 is 1.85 bits per heavy atom. The Balaban J connectivity index is 2.38. The predicted molar refractivity (Wildman–Crippen MR) is 73.8 cm³/mol. The molecule has 0 bridgehead atoms. The first-order chi connectivity index (χ1) is 9.33. The highest BCUT2D eigenvalue weighted by atomic mass is 19.4. The molecule has 1 saturated heterocycles. The molecule has 0 amide bonds. The minimum Gasteiger partial charge on any atom is -0.317 e. The summed E-state index contributed by atoms with van der Waals surface area (Å²) in [6.45, 7) is 2.48. The van der Waals surface area contributed by atoms with Gasteiger partial charge < -0.3 is 10.2 Å². The average molecular weight is 286 g/mol. The number of rotatable bonds is 3. The Morgan fingerprint density at radius 3 is 2.40 bits per heavy atom. The highest BCUT2D eigenvalue weighted by molar-refractivity contribution is 5.33. The summed E-state index contributed by atoms with van der Waals surface area (Å²) in [4.78, 5) is 2.06. The molecule has 1 aliphatic rings. The van der Waals surface area contributed by atoms with Gasteiger partial charge in [-0.05, 0) is 51.7 Å². The van der Waals surface area contributed by atoms with Crippen LogP contribution in [0.25, 0.3) is 0 Å². The van der Waals surface area contributed by atoms with Crippen molar-refractivity contribution < 1.29 is 13.2 Å². The molecule has 0 aromatic heterocycles. The molecule has 20 heavy (non-hydrogen) atoms. The Hall–Kier alpha value is -1.07. The van der Waals surface area contributed by atoms with Gasteiger partial charge in [0, 0.05) is 12.0 Å². The second kappa shape index (κ2) is 5.74. The molecule has 1 heterocycles. The Morgan fingerprint density at radius 1 is 1.20 bits per heavy atom. The van der Waals surface area contributed by atoms with Crippen LogP contribution in [0.3, 0.4) is 0 Å². The fraction of sp³-hybridized carbons (Fsp3) is 0.600. The Labute approximate surface area is 118 Å². The van der Waals surface area contributed by atoms with Gasteiger partial charge in [0.2, 0.25) is 0 Å². The van der Waals surface area contributed by atoms with E-state index in [4.69, 9.17) is 0 Å². The maximum absolute atomic E-state index is 12.9. The highest BCUT2D eigenvalue weighted by Crippen LogP contribution is 2.37. The molecular formula is C15H21F3N2. The zero-order valence-corrected chi connectivity index (χ0v) is 11.9. The van der Waals surface area contributed by atoms with E-state index in [2.05, 4.69) is 10.2 Å². The molecule has 0 radical (unpaired) electrons. The van der Waals surface area contributed by atoms with Crippen molar-refractivity contribution in [2.45, 2.75) is 24.4 Å².